The first kappa shape index (κ1) is 13.2. The third-order valence-corrected chi connectivity index (χ3v) is 3.37. The summed E-state index contributed by atoms with van der Waals surface area (Å²) in [5, 5.41) is 3.97. The van der Waals surface area contributed by atoms with Crippen molar-refractivity contribution in [2.24, 2.45) is 0 Å². The highest BCUT2D eigenvalue weighted by atomic mass is 16.2. The Bertz CT molecular complexity index is 832. The zero-order valence-corrected chi connectivity index (χ0v) is 11.3. The van der Waals surface area contributed by atoms with Crippen LogP contribution in [0.5, 0.6) is 0 Å². The van der Waals surface area contributed by atoms with Gasteiger partial charge in [0.1, 0.15) is 5.69 Å². The van der Waals surface area contributed by atoms with Gasteiger partial charge in [-0.25, -0.2) is 0 Å². The minimum Gasteiger partial charge on any atom is -0.361 e. The lowest BCUT2D eigenvalue weighted by molar-refractivity contribution is 0.0949. The van der Waals surface area contributed by atoms with Gasteiger partial charge in [0.05, 0.1) is 0 Å². The van der Waals surface area contributed by atoms with Crippen molar-refractivity contribution in [2.45, 2.75) is 6.42 Å². The molecule has 3 aromatic rings. The van der Waals surface area contributed by atoms with Gasteiger partial charge in [-0.3, -0.25) is 9.59 Å². The highest BCUT2D eigenvalue weighted by molar-refractivity contribution is 5.92. The molecule has 1 aromatic carbocycles. The number of H-pyrrole nitrogens is 2. The molecule has 3 N–H and O–H groups in total. The lowest BCUT2D eigenvalue weighted by atomic mass is 10.1. The molecule has 21 heavy (non-hydrogen) atoms. The zero-order chi connectivity index (χ0) is 14.7. The van der Waals surface area contributed by atoms with Crippen molar-refractivity contribution in [1.82, 2.24) is 15.3 Å². The number of nitrogens with one attached hydrogen (secondary N) is 3. The highest BCUT2D eigenvalue weighted by Gasteiger charge is 2.07. The summed E-state index contributed by atoms with van der Waals surface area (Å²) < 4.78 is 0. The van der Waals surface area contributed by atoms with Gasteiger partial charge in [-0.15, -0.1) is 0 Å². The van der Waals surface area contributed by atoms with Crippen molar-refractivity contribution in [3.63, 3.8) is 0 Å². The van der Waals surface area contributed by atoms with Crippen LogP contribution in [0.3, 0.4) is 0 Å². The molecule has 0 atom stereocenters. The molecular weight excluding hydrogens is 266 g/mol. The first-order valence-corrected chi connectivity index (χ1v) is 6.76. The number of rotatable bonds is 4. The summed E-state index contributed by atoms with van der Waals surface area (Å²) in [6.07, 6.45) is 2.69. The van der Waals surface area contributed by atoms with Gasteiger partial charge in [0, 0.05) is 29.7 Å². The van der Waals surface area contributed by atoms with Crippen molar-refractivity contribution in [3.05, 3.63) is 70.3 Å². The predicted molar refractivity (Wildman–Crippen MR) is 81.4 cm³/mol. The molecule has 0 unspecified atom stereocenters. The number of para-hydroxylation sites is 1. The van der Waals surface area contributed by atoms with Crippen LogP contribution >= 0.6 is 0 Å². The van der Waals surface area contributed by atoms with Crippen molar-refractivity contribution in [3.8, 4) is 0 Å². The standard InChI is InChI=1S/C16H15N3O2/c20-15-7-3-6-14(19-15)16(21)17-9-8-11-10-18-13-5-2-1-4-12(11)13/h1-7,10,18H,8-9H2,(H,17,21)(H,19,20). The topological polar surface area (TPSA) is 77.8 Å². The number of hydrogen-bond donors (Lipinski definition) is 3. The molecule has 5 heteroatoms. The van der Waals surface area contributed by atoms with Crippen LogP contribution in [0.25, 0.3) is 10.9 Å². The smallest absolute Gasteiger partial charge is 0.267 e. The second-order valence-corrected chi connectivity index (χ2v) is 4.79. The van der Waals surface area contributed by atoms with Gasteiger partial charge in [-0.1, -0.05) is 24.3 Å². The molecule has 0 spiro atoms. The number of benzene rings is 1. The van der Waals surface area contributed by atoms with Gasteiger partial charge in [-0.2, -0.15) is 0 Å². The fourth-order valence-corrected chi connectivity index (χ4v) is 2.32. The Morgan fingerprint density at radius 3 is 2.81 bits per heavy atom. The van der Waals surface area contributed by atoms with E-state index < -0.39 is 0 Å². The van der Waals surface area contributed by atoms with Gasteiger partial charge >= 0.3 is 0 Å². The normalized spacial score (nSPS) is 10.7. The maximum absolute atomic E-state index is 11.9. The van der Waals surface area contributed by atoms with E-state index in [0.717, 1.165) is 17.5 Å². The number of aromatic amines is 2. The van der Waals surface area contributed by atoms with E-state index in [1.54, 1.807) is 12.1 Å². The van der Waals surface area contributed by atoms with Gasteiger partial charge in [0.2, 0.25) is 5.56 Å². The van der Waals surface area contributed by atoms with E-state index in [1.165, 1.54) is 11.5 Å². The van der Waals surface area contributed by atoms with Crippen molar-refractivity contribution in [2.75, 3.05) is 6.54 Å². The average molecular weight is 281 g/mol. The van der Waals surface area contributed by atoms with Crippen LogP contribution in [0.15, 0.2) is 53.5 Å². The van der Waals surface area contributed by atoms with E-state index in [-0.39, 0.29) is 17.2 Å². The summed E-state index contributed by atoms with van der Waals surface area (Å²) >= 11 is 0. The van der Waals surface area contributed by atoms with Crippen molar-refractivity contribution < 1.29 is 4.79 Å². The van der Waals surface area contributed by atoms with E-state index in [1.807, 2.05) is 24.4 Å². The van der Waals surface area contributed by atoms with Crippen LogP contribution in [-0.4, -0.2) is 22.4 Å². The van der Waals surface area contributed by atoms with E-state index >= 15 is 0 Å². The van der Waals surface area contributed by atoms with Crippen LogP contribution in [0.1, 0.15) is 16.1 Å². The molecule has 5 nitrogen and oxygen atoms in total. The third kappa shape index (κ3) is 2.86. The summed E-state index contributed by atoms with van der Waals surface area (Å²) in [5.41, 5.74) is 2.25. The Hall–Kier alpha value is -2.82. The second-order valence-electron chi connectivity index (χ2n) is 4.79. The van der Waals surface area contributed by atoms with Crippen molar-refractivity contribution >= 4 is 16.8 Å². The summed E-state index contributed by atoms with van der Waals surface area (Å²) in [6, 6.07) is 12.6. The molecule has 106 valence electrons. The second kappa shape index (κ2) is 5.66. The summed E-state index contributed by atoms with van der Waals surface area (Å²) in [4.78, 5) is 28.8. The summed E-state index contributed by atoms with van der Waals surface area (Å²) in [7, 11) is 0. The van der Waals surface area contributed by atoms with Gasteiger partial charge < -0.3 is 15.3 Å². The Morgan fingerprint density at radius 1 is 1.10 bits per heavy atom. The minimum atomic E-state index is -0.278. The molecule has 0 fully saturated rings. The summed E-state index contributed by atoms with van der Waals surface area (Å²) in [5.74, 6) is -0.271. The van der Waals surface area contributed by atoms with E-state index in [9.17, 15) is 9.59 Å². The maximum atomic E-state index is 11.9. The fourth-order valence-electron chi connectivity index (χ4n) is 2.32. The lowest BCUT2D eigenvalue weighted by Gasteiger charge is -2.04. The molecule has 0 aliphatic rings. The predicted octanol–water partition coefficient (Wildman–Crippen LogP) is 1.83. The maximum Gasteiger partial charge on any atom is 0.267 e. The van der Waals surface area contributed by atoms with Crippen LogP contribution in [-0.2, 0) is 6.42 Å². The molecule has 0 aliphatic heterocycles. The molecule has 0 saturated carbocycles. The van der Waals surface area contributed by atoms with Gasteiger partial charge in [-0.05, 0) is 24.1 Å². The fraction of sp³-hybridized carbons (Fsp3) is 0.125. The molecule has 0 saturated heterocycles. The molecule has 1 amide bonds. The number of carbonyl (C=O) groups excluding carboxylic acids is 1. The number of hydrogen-bond acceptors (Lipinski definition) is 2. The summed E-state index contributed by atoms with van der Waals surface area (Å²) in [6.45, 7) is 0.512. The Morgan fingerprint density at radius 2 is 1.95 bits per heavy atom. The van der Waals surface area contributed by atoms with Crippen LogP contribution in [0.4, 0.5) is 0 Å². The first-order valence-electron chi connectivity index (χ1n) is 6.76. The quantitative estimate of drug-likeness (QED) is 0.682. The third-order valence-electron chi connectivity index (χ3n) is 3.37. The SMILES string of the molecule is O=C(NCCc1c[nH]c2ccccc12)c1cccc(=O)[nH]1. The van der Waals surface area contributed by atoms with Gasteiger partial charge in [0.15, 0.2) is 0 Å². The number of aromatic nitrogens is 2. The Balaban J connectivity index is 1.64. The number of fused-ring (bicyclic) bond motifs is 1. The number of carbonyl (C=O) groups is 1. The molecule has 3 rings (SSSR count). The number of pyridine rings is 1. The zero-order valence-electron chi connectivity index (χ0n) is 11.3. The minimum absolute atomic E-state index is 0.271. The molecule has 2 heterocycles. The average Bonchev–Trinajstić information content (AvgIpc) is 2.91. The Kier molecular flexibility index (Phi) is 3.55. The van der Waals surface area contributed by atoms with E-state index in [0.29, 0.717) is 6.54 Å². The van der Waals surface area contributed by atoms with Crippen LogP contribution in [0, 0.1) is 0 Å². The molecular formula is C16H15N3O2. The lowest BCUT2D eigenvalue weighted by Crippen LogP contribution is -2.27. The molecule has 2 aromatic heterocycles. The largest absolute Gasteiger partial charge is 0.361 e. The monoisotopic (exact) mass is 281 g/mol. The Labute approximate surface area is 121 Å². The van der Waals surface area contributed by atoms with Crippen LogP contribution in [0.2, 0.25) is 0 Å². The van der Waals surface area contributed by atoms with Gasteiger partial charge in [0.25, 0.3) is 5.91 Å². The molecule has 0 radical (unpaired) electrons. The van der Waals surface area contributed by atoms with Crippen molar-refractivity contribution in [1.29, 1.82) is 0 Å². The first-order chi connectivity index (χ1) is 10.2. The molecule has 0 bridgehead atoms. The van der Waals surface area contributed by atoms with E-state index in [2.05, 4.69) is 21.4 Å². The highest BCUT2D eigenvalue weighted by Crippen LogP contribution is 2.17. The molecule has 0 aliphatic carbocycles. The van der Waals surface area contributed by atoms with E-state index in [4.69, 9.17) is 0 Å². The number of amides is 1. The van der Waals surface area contributed by atoms with Crippen LogP contribution < -0.4 is 10.9 Å².